The lowest BCUT2D eigenvalue weighted by atomic mass is 10.0. The molecule has 0 radical (unpaired) electrons. The lowest BCUT2D eigenvalue weighted by Gasteiger charge is -2.26. The molecule has 1 aromatic rings. The fraction of sp³-hybridized carbons (Fsp3) is 0.600. The van der Waals surface area contributed by atoms with E-state index in [1.165, 1.54) is 0 Å². The van der Waals surface area contributed by atoms with Crippen LogP contribution in [0.5, 0.6) is 5.75 Å². The van der Waals surface area contributed by atoms with Crippen LogP contribution < -0.4 is 15.8 Å². The third-order valence-corrected chi connectivity index (χ3v) is 3.22. The van der Waals surface area contributed by atoms with Gasteiger partial charge in [-0.15, -0.1) is 0 Å². The molecule has 8 heteroatoms. The minimum absolute atomic E-state index is 0.0462. The summed E-state index contributed by atoms with van der Waals surface area (Å²) in [5.74, 6) is 0.496. The molecule has 1 aromatic carbocycles. The zero-order valence-electron chi connectivity index (χ0n) is 13.3. The number of aliphatic hydroxyl groups excluding tert-OH is 5. The maximum Gasteiger partial charge on any atom is 0.144 e. The standard InChI is InChI=1S/C15H26N2O6/c1-8(2)23-13-5-9(3-4-10(13)16)17-6-11(19)14(21)15(22)12(20)7-18/h3-5,8,11-12,14-15,17-22H,6-7,16H2,1-2H3. The summed E-state index contributed by atoms with van der Waals surface area (Å²) in [6, 6.07) is 4.99. The summed E-state index contributed by atoms with van der Waals surface area (Å²) in [6.07, 6.45) is -6.18. The minimum Gasteiger partial charge on any atom is -0.489 e. The molecule has 0 aliphatic rings. The van der Waals surface area contributed by atoms with Crippen LogP contribution in [0.15, 0.2) is 18.2 Å². The van der Waals surface area contributed by atoms with Crippen LogP contribution in [0.4, 0.5) is 11.4 Å². The first kappa shape index (κ1) is 19.5. The number of aliphatic hydroxyl groups is 5. The molecule has 23 heavy (non-hydrogen) atoms. The molecule has 0 spiro atoms. The van der Waals surface area contributed by atoms with Gasteiger partial charge in [-0.05, 0) is 26.0 Å². The molecule has 0 saturated heterocycles. The fourth-order valence-electron chi connectivity index (χ4n) is 1.91. The molecular formula is C15H26N2O6. The lowest BCUT2D eigenvalue weighted by Crippen LogP contribution is -2.48. The molecule has 0 aliphatic heterocycles. The van der Waals surface area contributed by atoms with Crippen molar-refractivity contribution >= 4 is 11.4 Å². The zero-order valence-corrected chi connectivity index (χ0v) is 13.3. The topological polar surface area (TPSA) is 148 Å². The van der Waals surface area contributed by atoms with Gasteiger partial charge in [0.2, 0.25) is 0 Å². The molecule has 0 heterocycles. The third kappa shape index (κ3) is 5.85. The molecule has 0 bridgehead atoms. The number of anilines is 2. The Bertz CT molecular complexity index is 485. The normalized spacial score (nSPS) is 16.7. The first-order valence-electron chi connectivity index (χ1n) is 7.39. The monoisotopic (exact) mass is 330 g/mol. The molecule has 0 aliphatic carbocycles. The van der Waals surface area contributed by atoms with Crippen LogP contribution in [0.2, 0.25) is 0 Å². The second-order valence-corrected chi connectivity index (χ2v) is 5.60. The summed E-state index contributed by atoms with van der Waals surface area (Å²) in [6.45, 7) is 2.94. The van der Waals surface area contributed by atoms with Gasteiger partial charge in [-0.1, -0.05) is 0 Å². The first-order chi connectivity index (χ1) is 10.8. The Morgan fingerprint density at radius 2 is 1.70 bits per heavy atom. The van der Waals surface area contributed by atoms with Crippen molar-refractivity contribution in [2.24, 2.45) is 0 Å². The minimum atomic E-state index is -1.65. The fourth-order valence-corrected chi connectivity index (χ4v) is 1.91. The number of nitrogen functional groups attached to an aromatic ring is 1. The average molecular weight is 330 g/mol. The number of nitrogens with two attached hydrogens (primary N) is 1. The van der Waals surface area contributed by atoms with Crippen molar-refractivity contribution < 1.29 is 30.3 Å². The van der Waals surface area contributed by atoms with Crippen LogP contribution in [-0.4, -0.2) is 69.2 Å². The van der Waals surface area contributed by atoms with Crippen LogP contribution in [0.1, 0.15) is 13.8 Å². The summed E-state index contributed by atoms with van der Waals surface area (Å²) >= 11 is 0. The maximum atomic E-state index is 9.84. The van der Waals surface area contributed by atoms with Crippen LogP contribution in [0.3, 0.4) is 0 Å². The zero-order chi connectivity index (χ0) is 17.6. The number of ether oxygens (including phenoxy) is 1. The lowest BCUT2D eigenvalue weighted by molar-refractivity contribution is -0.111. The smallest absolute Gasteiger partial charge is 0.144 e. The summed E-state index contributed by atoms with van der Waals surface area (Å²) in [4.78, 5) is 0. The predicted molar refractivity (Wildman–Crippen MR) is 86.2 cm³/mol. The van der Waals surface area contributed by atoms with Crippen molar-refractivity contribution in [3.05, 3.63) is 18.2 Å². The molecule has 8 nitrogen and oxygen atoms in total. The summed E-state index contributed by atoms with van der Waals surface area (Å²) in [5, 5.41) is 50.0. The molecule has 4 unspecified atom stereocenters. The van der Waals surface area contributed by atoms with Gasteiger partial charge < -0.3 is 41.3 Å². The summed E-state index contributed by atoms with van der Waals surface area (Å²) < 4.78 is 5.55. The highest BCUT2D eigenvalue weighted by molar-refractivity contribution is 5.61. The van der Waals surface area contributed by atoms with E-state index in [1.54, 1.807) is 18.2 Å². The van der Waals surface area contributed by atoms with Crippen LogP contribution >= 0.6 is 0 Å². The van der Waals surface area contributed by atoms with E-state index in [2.05, 4.69) is 5.32 Å². The predicted octanol–water partition coefficient (Wildman–Crippen LogP) is -1.10. The molecule has 0 saturated carbocycles. The summed E-state index contributed by atoms with van der Waals surface area (Å²) in [5.41, 5.74) is 6.89. The van der Waals surface area contributed by atoms with E-state index in [-0.39, 0.29) is 12.6 Å². The van der Waals surface area contributed by atoms with Crippen LogP contribution in [0.25, 0.3) is 0 Å². The van der Waals surface area contributed by atoms with E-state index in [1.807, 2.05) is 13.8 Å². The van der Waals surface area contributed by atoms with Crippen molar-refractivity contribution in [1.82, 2.24) is 0 Å². The second kappa shape index (κ2) is 8.90. The van der Waals surface area contributed by atoms with Crippen molar-refractivity contribution in [1.29, 1.82) is 0 Å². The average Bonchev–Trinajstić information content (AvgIpc) is 2.52. The molecule has 1 rings (SSSR count). The highest BCUT2D eigenvalue weighted by Gasteiger charge is 2.29. The van der Waals surface area contributed by atoms with E-state index in [9.17, 15) is 20.4 Å². The Hall–Kier alpha value is -1.58. The Morgan fingerprint density at radius 1 is 1.09 bits per heavy atom. The van der Waals surface area contributed by atoms with Gasteiger partial charge >= 0.3 is 0 Å². The van der Waals surface area contributed by atoms with E-state index in [0.717, 1.165) is 0 Å². The molecule has 4 atom stereocenters. The van der Waals surface area contributed by atoms with E-state index >= 15 is 0 Å². The first-order valence-corrected chi connectivity index (χ1v) is 7.39. The van der Waals surface area contributed by atoms with E-state index in [4.69, 9.17) is 15.6 Å². The van der Waals surface area contributed by atoms with Gasteiger partial charge in [0.1, 0.15) is 24.1 Å². The van der Waals surface area contributed by atoms with Crippen molar-refractivity contribution in [3.63, 3.8) is 0 Å². The Labute approximate surface area is 135 Å². The molecule has 132 valence electrons. The number of benzene rings is 1. The second-order valence-electron chi connectivity index (χ2n) is 5.60. The van der Waals surface area contributed by atoms with E-state index in [0.29, 0.717) is 17.1 Å². The van der Waals surface area contributed by atoms with Gasteiger partial charge in [0.15, 0.2) is 0 Å². The molecule has 0 fully saturated rings. The third-order valence-electron chi connectivity index (χ3n) is 3.22. The summed E-state index contributed by atoms with van der Waals surface area (Å²) in [7, 11) is 0. The van der Waals surface area contributed by atoms with Gasteiger partial charge in [0, 0.05) is 18.3 Å². The molecule has 0 amide bonds. The van der Waals surface area contributed by atoms with Crippen molar-refractivity contribution in [2.75, 3.05) is 24.2 Å². The largest absolute Gasteiger partial charge is 0.489 e. The quantitative estimate of drug-likeness (QED) is 0.282. The number of rotatable bonds is 9. The Balaban J connectivity index is 2.63. The molecular weight excluding hydrogens is 304 g/mol. The SMILES string of the molecule is CC(C)Oc1cc(NCC(O)C(O)C(O)C(O)CO)ccc1N. The molecule has 0 aromatic heterocycles. The van der Waals surface area contributed by atoms with Gasteiger partial charge in [-0.2, -0.15) is 0 Å². The van der Waals surface area contributed by atoms with Gasteiger partial charge in [-0.3, -0.25) is 0 Å². The highest BCUT2D eigenvalue weighted by atomic mass is 16.5. The van der Waals surface area contributed by atoms with E-state index < -0.39 is 31.0 Å². The number of hydrogen-bond donors (Lipinski definition) is 7. The van der Waals surface area contributed by atoms with Gasteiger partial charge in [0.25, 0.3) is 0 Å². The molecule has 8 N–H and O–H groups in total. The highest BCUT2D eigenvalue weighted by Crippen LogP contribution is 2.26. The number of nitrogens with one attached hydrogen (secondary N) is 1. The van der Waals surface area contributed by atoms with Crippen LogP contribution in [-0.2, 0) is 0 Å². The van der Waals surface area contributed by atoms with Crippen molar-refractivity contribution in [2.45, 2.75) is 44.4 Å². The van der Waals surface area contributed by atoms with Crippen LogP contribution in [0, 0.1) is 0 Å². The van der Waals surface area contributed by atoms with Gasteiger partial charge in [-0.25, -0.2) is 0 Å². The Morgan fingerprint density at radius 3 is 2.26 bits per heavy atom. The maximum absolute atomic E-state index is 9.84. The van der Waals surface area contributed by atoms with Gasteiger partial charge in [0.05, 0.1) is 24.5 Å². The Kier molecular flexibility index (Phi) is 7.53. The van der Waals surface area contributed by atoms with Crippen molar-refractivity contribution in [3.8, 4) is 5.75 Å². The number of hydrogen-bond acceptors (Lipinski definition) is 8.